The van der Waals surface area contributed by atoms with Gasteiger partial charge in [-0.1, -0.05) is 24.3 Å². The largest absolute Gasteiger partial charge is 0.366 e. The molecule has 0 radical (unpaired) electrons. The molecule has 0 unspecified atom stereocenters. The molecule has 1 aromatic heterocycles. The highest BCUT2D eigenvalue weighted by atomic mass is 15.1. The van der Waals surface area contributed by atoms with E-state index in [9.17, 15) is 0 Å². The monoisotopic (exact) mass is 242 g/mol. The van der Waals surface area contributed by atoms with Crippen molar-refractivity contribution in [1.29, 1.82) is 0 Å². The van der Waals surface area contributed by atoms with E-state index in [-0.39, 0.29) is 0 Å². The minimum absolute atomic E-state index is 0.632. The fraction of sp³-hybridized carbons (Fsp3) is 0.286. The molecule has 1 aromatic carbocycles. The Morgan fingerprint density at radius 3 is 2.61 bits per heavy atom. The Kier molecular flexibility index (Phi) is 3.77. The number of hydrogen-bond donors (Lipinski definition) is 2. The van der Waals surface area contributed by atoms with Crippen LogP contribution in [0.2, 0.25) is 0 Å². The van der Waals surface area contributed by atoms with E-state index in [1.807, 2.05) is 26.2 Å². The molecule has 1 heterocycles. The predicted octanol–water partition coefficient (Wildman–Crippen LogP) is 2.75. The molecular weight excluding hydrogens is 224 g/mol. The molecule has 94 valence electrons. The Labute approximate surface area is 107 Å². The lowest BCUT2D eigenvalue weighted by Gasteiger charge is -2.11. The zero-order chi connectivity index (χ0) is 13.0. The van der Waals surface area contributed by atoms with Gasteiger partial charge in [0.15, 0.2) is 0 Å². The average Bonchev–Trinajstić information content (AvgIpc) is 2.39. The molecule has 0 spiro atoms. The van der Waals surface area contributed by atoms with Crippen LogP contribution in [0.3, 0.4) is 0 Å². The molecule has 0 saturated carbocycles. The number of nitrogens with one attached hydrogen (secondary N) is 2. The van der Waals surface area contributed by atoms with E-state index in [2.05, 4.69) is 45.7 Å². The number of benzene rings is 1. The van der Waals surface area contributed by atoms with E-state index in [1.54, 1.807) is 0 Å². The number of aromatic nitrogens is 2. The maximum Gasteiger partial charge on any atom is 0.224 e. The average molecular weight is 242 g/mol. The molecule has 0 aliphatic rings. The van der Waals surface area contributed by atoms with Gasteiger partial charge in [-0.15, -0.1) is 0 Å². The molecule has 2 aromatic rings. The third-order valence-corrected chi connectivity index (χ3v) is 2.90. The van der Waals surface area contributed by atoms with Crippen molar-refractivity contribution in [1.82, 2.24) is 9.97 Å². The second kappa shape index (κ2) is 5.49. The van der Waals surface area contributed by atoms with Gasteiger partial charge < -0.3 is 10.6 Å². The van der Waals surface area contributed by atoms with Crippen molar-refractivity contribution in [3.8, 4) is 0 Å². The lowest BCUT2D eigenvalue weighted by atomic mass is 10.1. The van der Waals surface area contributed by atoms with Crippen LogP contribution in [-0.2, 0) is 6.54 Å². The van der Waals surface area contributed by atoms with E-state index in [0.29, 0.717) is 5.95 Å². The summed E-state index contributed by atoms with van der Waals surface area (Å²) in [5.74, 6) is 1.51. The topological polar surface area (TPSA) is 49.8 Å². The van der Waals surface area contributed by atoms with Gasteiger partial charge in [0.25, 0.3) is 0 Å². The molecule has 0 atom stereocenters. The van der Waals surface area contributed by atoms with Crippen LogP contribution in [0.5, 0.6) is 0 Å². The van der Waals surface area contributed by atoms with E-state index in [4.69, 9.17) is 0 Å². The maximum atomic E-state index is 4.40. The molecule has 4 heteroatoms. The number of aryl methyl sites for hydroxylation is 2. The summed E-state index contributed by atoms with van der Waals surface area (Å²) in [6, 6.07) is 8.34. The van der Waals surface area contributed by atoms with E-state index in [0.717, 1.165) is 17.9 Å². The molecule has 0 aliphatic carbocycles. The van der Waals surface area contributed by atoms with Gasteiger partial charge in [0.05, 0.1) is 0 Å². The molecule has 2 rings (SSSR count). The van der Waals surface area contributed by atoms with Crippen LogP contribution < -0.4 is 10.6 Å². The highest BCUT2D eigenvalue weighted by molar-refractivity contribution is 5.47. The van der Waals surface area contributed by atoms with Crippen molar-refractivity contribution >= 4 is 11.8 Å². The highest BCUT2D eigenvalue weighted by Crippen LogP contribution is 2.15. The van der Waals surface area contributed by atoms with Crippen LogP contribution >= 0.6 is 0 Å². The maximum absolute atomic E-state index is 4.40. The molecule has 0 amide bonds. The summed E-state index contributed by atoms with van der Waals surface area (Å²) in [6.45, 7) is 4.89. The number of hydrogen-bond acceptors (Lipinski definition) is 4. The van der Waals surface area contributed by atoms with Crippen LogP contribution in [0.1, 0.15) is 16.7 Å². The Morgan fingerprint density at radius 2 is 1.89 bits per heavy atom. The summed E-state index contributed by atoms with van der Waals surface area (Å²) in [6.07, 6.45) is 1.82. The van der Waals surface area contributed by atoms with E-state index in [1.165, 1.54) is 11.1 Å². The summed E-state index contributed by atoms with van der Waals surface area (Å²) in [5, 5.41) is 6.30. The SMILES string of the molecule is CNc1ncc(C)c(NCc2ccccc2C)n1. The zero-order valence-electron chi connectivity index (χ0n) is 11.0. The highest BCUT2D eigenvalue weighted by Gasteiger charge is 2.03. The van der Waals surface area contributed by atoms with Crippen LogP contribution in [0.25, 0.3) is 0 Å². The fourth-order valence-electron chi connectivity index (χ4n) is 1.73. The quantitative estimate of drug-likeness (QED) is 0.865. The third kappa shape index (κ3) is 2.77. The molecule has 0 saturated heterocycles. The molecule has 18 heavy (non-hydrogen) atoms. The Hall–Kier alpha value is -2.10. The van der Waals surface area contributed by atoms with Gasteiger partial charge in [0, 0.05) is 25.4 Å². The van der Waals surface area contributed by atoms with E-state index < -0.39 is 0 Å². The van der Waals surface area contributed by atoms with Gasteiger partial charge >= 0.3 is 0 Å². The van der Waals surface area contributed by atoms with Crippen molar-refractivity contribution in [2.75, 3.05) is 17.7 Å². The molecule has 0 fully saturated rings. The molecule has 0 bridgehead atoms. The van der Waals surface area contributed by atoms with Crippen molar-refractivity contribution in [3.05, 3.63) is 47.2 Å². The number of anilines is 2. The third-order valence-electron chi connectivity index (χ3n) is 2.90. The van der Waals surface area contributed by atoms with Crippen molar-refractivity contribution < 1.29 is 0 Å². The van der Waals surface area contributed by atoms with Gasteiger partial charge in [-0.2, -0.15) is 4.98 Å². The van der Waals surface area contributed by atoms with Gasteiger partial charge in [-0.25, -0.2) is 4.98 Å². The summed E-state index contributed by atoms with van der Waals surface area (Å²) in [4.78, 5) is 8.57. The predicted molar refractivity (Wildman–Crippen MR) is 74.8 cm³/mol. The first-order chi connectivity index (χ1) is 8.70. The summed E-state index contributed by atoms with van der Waals surface area (Å²) >= 11 is 0. The number of rotatable bonds is 4. The summed E-state index contributed by atoms with van der Waals surface area (Å²) in [7, 11) is 1.82. The molecule has 0 aliphatic heterocycles. The minimum atomic E-state index is 0.632. The lowest BCUT2D eigenvalue weighted by molar-refractivity contribution is 1.05. The Morgan fingerprint density at radius 1 is 1.11 bits per heavy atom. The zero-order valence-corrected chi connectivity index (χ0v) is 11.0. The first kappa shape index (κ1) is 12.4. The smallest absolute Gasteiger partial charge is 0.224 e. The van der Waals surface area contributed by atoms with Crippen molar-refractivity contribution in [2.24, 2.45) is 0 Å². The van der Waals surface area contributed by atoms with Crippen molar-refractivity contribution in [3.63, 3.8) is 0 Å². The Bertz CT molecular complexity index is 537. The first-order valence-corrected chi connectivity index (χ1v) is 6.00. The van der Waals surface area contributed by atoms with Gasteiger partial charge in [-0.05, 0) is 25.0 Å². The molecule has 4 nitrogen and oxygen atoms in total. The van der Waals surface area contributed by atoms with Crippen LogP contribution in [0.15, 0.2) is 30.5 Å². The summed E-state index contributed by atoms with van der Waals surface area (Å²) in [5.41, 5.74) is 3.61. The fourth-order valence-corrected chi connectivity index (χ4v) is 1.73. The lowest BCUT2D eigenvalue weighted by Crippen LogP contribution is -2.07. The second-order valence-corrected chi connectivity index (χ2v) is 4.26. The standard InChI is InChI=1S/C14H18N4/c1-10-6-4-5-7-12(10)9-16-13-11(2)8-17-14(15-3)18-13/h4-8H,9H2,1-3H3,(H2,15,16,17,18). The minimum Gasteiger partial charge on any atom is -0.366 e. The van der Waals surface area contributed by atoms with Crippen molar-refractivity contribution in [2.45, 2.75) is 20.4 Å². The van der Waals surface area contributed by atoms with Gasteiger partial charge in [-0.3, -0.25) is 0 Å². The number of nitrogens with zero attached hydrogens (tertiary/aromatic N) is 2. The second-order valence-electron chi connectivity index (χ2n) is 4.26. The van der Waals surface area contributed by atoms with Crippen LogP contribution in [-0.4, -0.2) is 17.0 Å². The first-order valence-electron chi connectivity index (χ1n) is 6.00. The van der Waals surface area contributed by atoms with Gasteiger partial charge in [0.1, 0.15) is 5.82 Å². The normalized spacial score (nSPS) is 10.2. The summed E-state index contributed by atoms with van der Waals surface area (Å²) < 4.78 is 0. The molecule has 2 N–H and O–H groups in total. The van der Waals surface area contributed by atoms with Crippen LogP contribution in [0, 0.1) is 13.8 Å². The molecular formula is C14H18N4. The van der Waals surface area contributed by atoms with Gasteiger partial charge in [0.2, 0.25) is 5.95 Å². The van der Waals surface area contributed by atoms with E-state index >= 15 is 0 Å². The Balaban J connectivity index is 2.13. The van der Waals surface area contributed by atoms with Crippen LogP contribution in [0.4, 0.5) is 11.8 Å².